The average Bonchev–Trinajstić information content (AvgIpc) is 2.39. The molecule has 1 fully saturated rings. The molecule has 0 bridgehead atoms. The average molecular weight is 273 g/mol. The van der Waals surface area contributed by atoms with Crippen LogP contribution in [0.3, 0.4) is 0 Å². The molecule has 0 atom stereocenters. The first-order valence-electron chi connectivity index (χ1n) is 6.67. The van der Waals surface area contributed by atoms with Gasteiger partial charge >= 0.3 is 12.0 Å². The summed E-state index contributed by atoms with van der Waals surface area (Å²) >= 11 is 0. The maximum Gasteiger partial charge on any atom is 0.320 e. The number of hydrogen-bond donors (Lipinski definition) is 2. The van der Waals surface area contributed by atoms with Crippen LogP contribution in [0.15, 0.2) is 0 Å². The van der Waals surface area contributed by atoms with Gasteiger partial charge in [-0.15, -0.1) is 0 Å². The molecular formula is C12H23N3O4. The lowest BCUT2D eigenvalue weighted by Crippen LogP contribution is -2.53. The Balaban J connectivity index is 2.40. The first-order valence-corrected chi connectivity index (χ1v) is 6.67. The largest absolute Gasteiger partial charge is 0.480 e. The summed E-state index contributed by atoms with van der Waals surface area (Å²) in [7, 11) is 0. The quantitative estimate of drug-likeness (QED) is 0.682. The number of hydrogen-bond acceptors (Lipinski definition) is 4. The highest BCUT2D eigenvalue weighted by molar-refractivity contribution is 5.74. The van der Waals surface area contributed by atoms with Crippen LogP contribution in [0, 0.1) is 0 Å². The molecule has 0 aromatic rings. The molecule has 0 unspecified atom stereocenters. The first kappa shape index (κ1) is 15.7. The second-order valence-electron chi connectivity index (χ2n) is 4.60. The van der Waals surface area contributed by atoms with Crippen molar-refractivity contribution in [2.75, 3.05) is 52.4 Å². The Morgan fingerprint density at radius 3 is 2.32 bits per heavy atom. The van der Waals surface area contributed by atoms with Crippen LogP contribution < -0.4 is 0 Å². The number of carbonyl (C=O) groups excluding carboxylic acids is 1. The molecule has 2 N–H and O–H groups in total. The third-order valence-corrected chi connectivity index (χ3v) is 3.24. The molecule has 19 heavy (non-hydrogen) atoms. The van der Waals surface area contributed by atoms with Gasteiger partial charge in [-0.25, -0.2) is 4.79 Å². The van der Waals surface area contributed by atoms with Gasteiger partial charge in [0, 0.05) is 45.9 Å². The zero-order valence-electron chi connectivity index (χ0n) is 11.4. The number of aliphatic carboxylic acids is 1. The van der Waals surface area contributed by atoms with Crippen LogP contribution in [0.4, 0.5) is 4.79 Å². The van der Waals surface area contributed by atoms with Gasteiger partial charge in [0.15, 0.2) is 0 Å². The van der Waals surface area contributed by atoms with E-state index in [2.05, 4.69) is 0 Å². The number of piperazine rings is 1. The van der Waals surface area contributed by atoms with Crippen molar-refractivity contribution in [1.82, 2.24) is 14.7 Å². The molecule has 0 aromatic carbocycles. The SMILES string of the molecule is CCN(CCCO)C(=O)N1CCN(CC(=O)O)CC1. The molecule has 2 amide bonds. The maximum absolute atomic E-state index is 12.2. The van der Waals surface area contributed by atoms with Crippen molar-refractivity contribution < 1.29 is 19.8 Å². The molecule has 1 rings (SSSR count). The van der Waals surface area contributed by atoms with E-state index in [-0.39, 0.29) is 19.2 Å². The normalized spacial score (nSPS) is 16.4. The third kappa shape index (κ3) is 5.04. The molecule has 110 valence electrons. The number of aliphatic hydroxyl groups excluding tert-OH is 1. The predicted octanol–water partition coefficient (Wildman–Crippen LogP) is -0.487. The van der Waals surface area contributed by atoms with Crippen LogP contribution in [0.5, 0.6) is 0 Å². The van der Waals surface area contributed by atoms with Crippen molar-refractivity contribution in [3.05, 3.63) is 0 Å². The van der Waals surface area contributed by atoms with Crippen molar-refractivity contribution in [1.29, 1.82) is 0 Å². The summed E-state index contributed by atoms with van der Waals surface area (Å²) in [4.78, 5) is 28.1. The van der Waals surface area contributed by atoms with E-state index in [1.54, 1.807) is 9.80 Å². The van der Waals surface area contributed by atoms with E-state index in [1.807, 2.05) is 11.8 Å². The van der Waals surface area contributed by atoms with E-state index in [9.17, 15) is 9.59 Å². The lowest BCUT2D eigenvalue weighted by Gasteiger charge is -2.36. The minimum Gasteiger partial charge on any atom is -0.480 e. The highest BCUT2D eigenvalue weighted by Crippen LogP contribution is 2.06. The monoisotopic (exact) mass is 273 g/mol. The second-order valence-corrected chi connectivity index (χ2v) is 4.60. The molecule has 0 aromatic heterocycles. The third-order valence-electron chi connectivity index (χ3n) is 3.24. The lowest BCUT2D eigenvalue weighted by molar-refractivity contribution is -0.138. The van der Waals surface area contributed by atoms with Gasteiger partial charge in [-0.3, -0.25) is 9.69 Å². The number of nitrogens with zero attached hydrogens (tertiary/aromatic N) is 3. The van der Waals surface area contributed by atoms with Crippen LogP contribution >= 0.6 is 0 Å². The maximum atomic E-state index is 12.2. The van der Waals surface area contributed by atoms with Crippen LogP contribution in [0.1, 0.15) is 13.3 Å². The van der Waals surface area contributed by atoms with E-state index < -0.39 is 5.97 Å². The van der Waals surface area contributed by atoms with Gasteiger partial charge in [0.05, 0.1) is 6.54 Å². The van der Waals surface area contributed by atoms with E-state index >= 15 is 0 Å². The zero-order valence-corrected chi connectivity index (χ0v) is 11.4. The Kier molecular flexibility index (Phi) is 6.58. The number of carbonyl (C=O) groups is 2. The molecule has 7 nitrogen and oxygen atoms in total. The molecule has 0 saturated carbocycles. The van der Waals surface area contributed by atoms with Gasteiger partial charge in [-0.05, 0) is 13.3 Å². The van der Waals surface area contributed by atoms with Gasteiger partial charge in [0.2, 0.25) is 0 Å². The fourth-order valence-corrected chi connectivity index (χ4v) is 2.14. The van der Waals surface area contributed by atoms with Crippen molar-refractivity contribution in [2.24, 2.45) is 0 Å². The number of carboxylic acid groups (broad SMARTS) is 1. The molecule has 1 saturated heterocycles. The summed E-state index contributed by atoms with van der Waals surface area (Å²) < 4.78 is 0. The number of urea groups is 1. The van der Waals surface area contributed by atoms with Crippen LogP contribution in [-0.4, -0.2) is 89.3 Å². The smallest absolute Gasteiger partial charge is 0.320 e. The van der Waals surface area contributed by atoms with Gasteiger partial charge in [0.25, 0.3) is 0 Å². The fraction of sp³-hybridized carbons (Fsp3) is 0.833. The molecular weight excluding hydrogens is 250 g/mol. The van der Waals surface area contributed by atoms with Crippen molar-refractivity contribution in [3.8, 4) is 0 Å². The Bertz CT molecular complexity index is 303. The molecule has 0 radical (unpaired) electrons. The number of carboxylic acids is 1. The summed E-state index contributed by atoms with van der Waals surface area (Å²) in [6.45, 7) is 5.50. The van der Waals surface area contributed by atoms with Gasteiger partial charge < -0.3 is 20.0 Å². The van der Waals surface area contributed by atoms with E-state index in [4.69, 9.17) is 10.2 Å². The van der Waals surface area contributed by atoms with Crippen LogP contribution in [0.25, 0.3) is 0 Å². The van der Waals surface area contributed by atoms with Crippen LogP contribution in [0.2, 0.25) is 0 Å². The summed E-state index contributed by atoms with van der Waals surface area (Å²) in [5, 5.41) is 17.5. The number of rotatable bonds is 6. The number of aliphatic hydroxyl groups is 1. The standard InChI is InChI=1S/C12H23N3O4/c1-2-14(4-3-9-16)12(19)15-7-5-13(6-8-15)10-11(17)18/h16H,2-10H2,1H3,(H,17,18). The Labute approximate surface area is 113 Å². The van der Waals surface area contributed by atoms with Crippen molar-refractivity contribution in [3.63, 3.8) is 0 Å². The van der Waals surface area contributed by atoms with Gasteiger partial charge in [-0.2, -0.15) is 0 Å². The van der Waals surface area contributed by atoms with E-state index in [0.29, 0.717) is 45.7 Å². The molecule has 7 heteroatoms. The molecule has 1 aliphatic rings. The highest BCUT2D eigenvalue weighted by Gasteiger charge is 2.24. The fourth-order valence-electron chi connectivity index (χ4n) is 2.14. The Morgan fingerprint density at radius 1 is 1.21 bits per heavy atom. The minimum absolute atomic E-state index is 0.0223. The summed E-state index contributed by atoms with van der Waals surface area (Å²) in [6.07, 6.45) is 0.582. The molecule has 0 aliphatic carbocycles. The minimum atomic E-state index is -0.835. The Hall–Kier alpha value is -1.34. The molecule has 1 heterocycles. The van der Waals surface area contributed by atoms with Crippen molar-refractivity contribution >= 4 is 12.0 Å². The Morgan fingerprint density at radius 2 is 1.84 bits per heavy atom. The van der Waals surface area contributed by atoms with Crippen molar-refractivity contribution in [2.45, 2.75) is 13.3 Å². The summed E-state index contributed by atoms with van der Waals surface area (Å²) in [5.41, 5.74) is 0. The predicted molar refractivity (Wildman–Crippen MR) is 70.0 cm³/mol. The van der Waals surface area contributed by atoms with Gasteiger partial charge in [0.1, 0.15) is 0 Å². The summed E-state index contributed by atoms with van der Waals surface area (Å²) in [6, 6.07) is -0.0223. The van der Waals surface area contributed by atoms with E-state index in [1.165, 1.54) is 0 Å². The summed E-state index contributed by atoms with van der Waals surface area (Å²) in [5.74, 6) is -0.835. The van der Waals surface area contributed by atoms with E-state index in [0.717, 1.165) is 0 Å². The zero-order chi connectivity index (χ0) is 14.3. The highest BCUT2D eigenvalue weighted by atomic mass is 16.4. The second kappa shape index (κ2) is 7.96. The molecule has 1 aliphatic heterocycles. The first-order chi connectivity index (χ1) is 9.08. The lowest BCUT2D eigenvalue weighted by atomic mass is 10.3. The topological polar surface area (TPSA) is 84.3 Å². The van der Waals surface area contributed by atoms with Crippen LogP contribution in [-0.2, 0) is 4.79 Å². The number of amides is 2. The van der Waals surface area contributed by atoms with Gasteiger partial charge in [-0.1, -0.05) is 0 Å². The molecule has 0 spiro atoms.